The molecule has 1 aromatic heterocycles. The van der Waals surface area contributed by atoms with E-state index >= 15 is 0 Å². The maximum atomic E-state index is 4.81. The molecule has 3 rings (SSSR count). The highest BCUT2D eigenvalue weighted by atomic mass is 79.9. The van der Waals surface area contributed by atoms with Gasteiger partial charge in [0.05, 0.1) is 11.4 Å². The van der Waals surface area contributed by atoms with Gasteiger partial charge in [-0.15, -0.1) is 23.1 Å². The van der Waals surface area contributed by atoms with Gasteiger partial charge in [-0.2, -0.15) is 0 Å². The minimum atomic E-state index is 0.923. The molecule has 1 nitrogen and oxygen atoms in total. The first-order valence-corrected chi connectivity index (χ1v) is 9.22. The third-order valence-electron chi connectivity index (χ3n) is 3.06. The first-order chi connectivity index (χ1) is 10.2. The molecule has 4 heteroatoms. The van der Waals surface area contributed by atoms with Crippen LogP contribution in [0, 0.1) is 6.92 Å². The normalized spacial score (nSPS) is 10.8. The molecule has 2 aromatic carbocycles. The summed E-state index contributed by atoms with van der Waals surface area (Å²) in [5.41, 5.74) is 2.29. The van der Waals surface area contributed by atoms with Gasteiger partial charge in [0, 0.05) is 19.8 Å². The SMILES string of the molecule is Cc1sc(CSc2ccccc2)nc1-c1ccc(Br)cc1. The van der Waals surface area contributed by atoms with Gasteiger partial charge in [-0.1, -0.05) is 46.3 Å². The lowest BCUT2D eigenvalue weighted by molar-refractivity contribution is 1.25. The molecule has 0 saturated heterocycles. The summed E-state index contributed by atoms with van der Waals surface area (Å²) in [4.78, 5) is 7.37. The second kappa shape index (κ2) is 6.77. The summed E-state index contributed by atoms with van der Waals surface area (Å²) < 4.78 is 1.10. The average molecular weight is 376 g/mol. The van der Waals surface area contributed by atoms with Crippen molar-refractivity contribution in [2.75, 3.05) is 0 Å². The smallest absolute Gasteiger partial charge is 0.104 e. The lowest BCUT2D eigenvalue weighted by Gasteiger charge is -1.99. The summed E-state index contributed by atoms with van der Waals surface area (Å²) in [6, 6.07) is 18.8. The van der Waals surface area contributed by atoms with Crippen LogP contribution in [0.15, 0.2) is 64.0 Å². The van der Waals surface area contributed by atoms with E-state index < -0.39 is 0 Å². The third kappa shape index (κ3) is 3.76. The second-order valence-electron chi connectivity index (χ2n) is 4.62. The van der Waals surface area contributed by atoms with E-state index in [1.165, 1.54) is 20.3 Å². The molecule has 106 valence electrons. The minimum Gasteiger partial charge on any atom is -0.240 e. The molecule has 0 aliphatic heterocycles. The van der Waals surface area contributed by atoms with Gasteiger partial charge in [0.25, 0.3) is 0 Å². The monoisotopic (exact) mass is 375 g/mol. The summed E-state index contributed by atoms with van der Waals surface area (Å²) in [5, 5.41) is 1.18. The molecule has 0 saturated carbocycles. The zero-order chi connectivity index (χ0) is 14.7. The van der Waals surface area contributed by atoms with E-state index in [0.717, 1.165) is 15.9 Å². The topological polar surface area (TPSA) is 12.9 Å². The van der Waals surface area contributed by atoms with Crippen molar-refractivity contribution >= 4 is 39.0 Å². The minimum absolute atomic E-state index is 0.923. The molecule has 0 bridgehead atoms. The Balaban J connectivity index is 1.76. The molecule has 0 aliphatic rings. The second-order valence-corrected chi connectivity index (χ2v) is 7.87. The van der Waals surface area contributed by atoms with Gasteiger partial charge in [0.15, 0.2) is 0 Å². The molecule has 3 aromatic rings. The molecular weight excluding hydrogens is 362 g/mol. The van der Waals surface area contributed by atoms with Crippen LogP contribution in [0.2, 0.25) is 0 Å². The number of aromatic nitrogens is 1. The molecule has 0 atom stereocenters. The van der Waals surface area contributed by atoms with Gasteiger partial charge in [-0.05, 0) is 31.2 Å². The average Bonchev–Trinajstić information content (AvgIpc) is 2.88. The predicted octanol–water partition coefficient (Wildman–Crippen LogP) is 6.17. The zero-order valence-corrected chi connectivity index (χ0v) is 14.8. The Morgan fingerprint density at radius 3 is 2.48 bits per heavy atom. The lowest BCUT2D eigenvalue weighted by Crippen LogP contribution is -1.82. The standard InChI is InChI=1S/C17H14BrNS2/c1-12-17(13-7-9-14(18)10-8-13)19-16(21-12)11-20-15-5-3-2-4-6-15/h2-10H,11H2,1H3. The highest BCUT2D eigenvalue weighted by Gasteiger charge is 2.10. The lowest BCUT2D eigenvalue weighted by atomic mass is 10.1. The summed E-state index contributed by atoms with van der Waals surface area (Å²) in [6.07, 6.45) is 0. The quantitative estimate of drug-likeness (QED) is 0.505. The molecule has 0 N–H and O–H groups in total. The van der Waals surface area contributed by atoms with Gasteiger partial charge in [0.1, 0.15) is 5.01 Å². The van der Waals surface area contributed by atoms with Crippen molar-refractivity contribution in [1.29, 1.82) is 0 Å². The van der Waals surface area contributed by atoms with Gasteiger partial charge < -0.3 is 0 Å². The summed E-state index contributed by atoms with van der Waals surface area (Å²) in [6.45, 7) is 2.14. The van der Waals surface area contributed by atoms with Crippen molar-refractivity contribution in [3.05, 3.63) is 69.0 Å². The molecule has 0 fully saturated rings. The number of hydrogen-bond acceptors (Lipinski definition) is 3. The van der Waals surface area contributed by atoms with E-state index in [0.29, 0.717) is 0 Å². The number of benzene rings is 2. The molecule has 0 amide bonds. The van der Waals surface area contributed by atoms with Crippen LogP contribution >= 0.6 is 39.0 Å². The fraction of sp³-hybridized carbons (Fsp3) is 0.118. The van der Waals surface area contributed by atoms with Gasteiger partial charge >= 0.3 is 0 Å². The van der Waals surface area contributed by atoms with Crippen molar-refractivity contribution in [3.8, 4) is 11.3 Å². The van der Waals surface area contributed by atoms with E-state index in [9.17, 15) is 0 Å². The Bertz CT molecular complexity index is 720. The summed E-state index contributed by atoms with van der Waals surface area (Å²) >= 11 is 7.09. The van der Waals surface area contributed by atoms with E-state index in [4.69, 9.17) is 4.98 Å². The molecule has 1 heterocycles. The van der Waals surface area contributed by atoms with Crippen LogP contribution < -0.4 is 0 Å². The number of thiazole rings is 1. The van der Waals surface area contributed by atoms with Gasteiger partial charge in [-0.25, -0.2) is 4.98 Å². The number of rotatable bonds is 4. The largest absolute Gasteiger partial charge is 0.240 e. The van der Waals surface area contributed by atoms with Crippen molar-refractivity contribution in [2.45, 2.75) is 17.6 Å². The van der Waals surface area contributed by atoms with Crippen LogP contribution in [0.1, 0.15) is 9.88 Å². The molecule has 21 heavy (non-hydrogen) atoms. The summed E-state index contributed by atoms with van der Waals surface area (Å²) in [7, 11) is 0. The molecule has 0 radical (unpaired) electrons. The maximum Gasteiger partial charge on any atom is 0.104 e. The van der Waals surface area contributed by atoms with E-state index in [1.807, 2.05) is 17.8 Å². The van der Waals surface area contributed by atoms with Gasteiger partial charge in [0.2, 0.25) is 0 Å². The number of halogens is 1. The van der Waals surface area contributed by atoms with E-state index in [2.05, 4.69) is 71.4 Å². The first kappa shape index (κ1) is 14.8. The van der Waals surface area contributed by atoms with Crippen LogP contribution in [0.3, 0.4) is 0 Å². The Hall–Kier alpha value is -1.10. The molecular formula is C17H14BrNS2. The Labute approximate surface area is 141 Å². The number of thioether (sulfide) groups is 1. The van der Waals surface area contributed by atoms with Crippen molar-refractivity contribution < 1.29 is 0 Å². The first-order valence-electron chi connectivity index (χ1n) is 6.62. The van der Waals surface area contributed by atoms with Crippen molar-refractivity contribution in [3.63, 3.8) is 0 Å². The van der Waals surface area contributed by atoms with Crippen LogP contribution in [0.5, 0.6) is 0 Å². The van der Waals surface area contributed by atoms with Crippen LogP contribution in [-0.4, -0.2) is 4.98 Å². The Morgan fingerprint density at radius 2 is 1.76 bits per heavy atom. The highest BCUT2D eigenvalue weighted by molar-refractivity contribution is 9.10. The Kier molecular flexibility index (Phi) is 4.78. The fourth-order valence-electron chi connectivity index (χ4n) is 2.05. The molecule has 0 aliphatic carbocycles. The zero-order valence-electron chi connectivity index (χ0n) is 11.5. The molecule has 0 unspecified atom stereocenters. The van der Waals surface area contributed by atoms with E-state index in [-0.39, 0.29) is 0 Å². The fourth-order valence-corrected chi connectivity index (χ4v) is 4.18. The Morgan fingerprint density at radius 1 is 1.05 bits per heavy atom. The number of hydrogen-bond donors (Lipinski definition) is 0. The van der Waals surface area contributed by atoms with Crippen LogP contribution in [0.25, 0.3) is 11.3 Å². The van der Waals surface area contributed by atoms with E-state index in [1.54, 1.807) is 11.3 Å². The number of aryl methyl sites for hydroxylation is 1. The van der Waals surface area contributed by atoms with Gasteiger partial charge in [-0.3, -0.25) is 0 Å². The highest BCUT2D eigenvalue weighted by Crippen LogP contribution is 2.31. The van der Waals surface area contributed by atoms with Crippen molar-refractivity contribution in [2.24, 2.45) is 0 Å². The molecule has 0 spiro atoms. The third-order valence-corrected chi connectivity index (χ3v) is 5.77. The summed E-state index contributed by atoms with van der Waals surface area (Å²) in [5.74, 6) is 0.923. The van der Waals surface area contributed by atoms with Crippen LogP contribution in [-0.2, 0) is 5.75 Å². The van der Waals surface area contributed by atoms with Crippen LogP contribution in [0.4, 0.5) is 0 Å². The van der Waals surface area contributed by atoms with Crippen molar-refractivity contribution in [1.82, 2.24) is 4.98 Å². The maximum absolute atomic E-state index is 4.81. The number of nitrogens with zero attached hydrogens (tertiary/aromatic N) is 1. The predicted molar refractivity (Wildman–Crippen MR) is 96.0 cm³/mol.